The standard InChI is InChI=1S/C6H14N2O5S/c7-5(1-2-8-14(11)12)6(10)13-4-3-9/h5,8-9H,1-4,7H2,(H,11,12)/p-1. The maximum absolute atomic E-state index is 10.9. The van der Waals surface area contributed by atoms with E-state index in [0.29, 0.717) is 0 Å². The van der Waals surface area contributed by atoms with E-state index in [2.05, 4.69) is 9.46 Å². The van der Waals surface area contributed by atoms with E-state index in [1.807, 2.05) is 0 Å². The van der Waals surface area contributed by atoms with Crippen LogP contribution in [0.25, 0.3) is 0 Å². The number of carbonyl (C=O) groups is 1. The van der Waals surface area contributed by atoms with Crippen molar-refractivity contribution in [3.8, 4) is 0 Å². The van der Waals surface area contributed by atoms with Gasteiger partial charge in [-0.3, -0.25) is 9.00 Å². The third-order valence-corrected chi connectivity index (χ3v) is 1.75. The zero-order valence-corrected chi connectivity index (χ0v) is 8.29. The van der Waals surface area contributed by atoms with Crippen LogP contribution in [0.2, 0.25) is 0 Å². The average molecular weight is 225 g/mol. The first-order valence-corrected chi connectivity index (χ1v) is 5.01. The number of aliphatic hydroxyl groups excluding tert-OH is 1. The molecular weight excluding hydrogens is 212 g/mol. The Bertz CT molecular complexity index is 201. The van der Waals surface area contributed by atoms with Crippen molar-refractivity contribution in [2.45, 2.75) is 12.5 Å². The molecule has 0 amide bonds. The van der Waals surface area contributed by atoms with Gasteiger partial charge >= 0.3 is 5.97 Å². The van der Waals surface area contributed by atoms with Gasteiger partial charge in [0.2, 0.25) is 0 Å². The largest absolute Gasteiger partial charge is 0.760 e. The van der Waals surface area contributed by atoms with Gasteiger partial charge in [-0.1, -0.05) is 0 Å². The molecule has 84 valence electrons. The van der Waals surface area contributed by atoms with Gasteiger partial charge in [0.05, 0.1) is 6.61 Å². The van der Waals surface area contributed by atoms with E-state index in [-0.39, 0.29) is 26.2 Å². The van der Waals surface area contributed by atoms with Crippen molar-refractivity contribution in [3.63, 3.8) is 0 Å². The number of aliphatic hydroxyl groups is 1. The molecule has 0 aromatic rings. The molecule has 0 saturated carbocycles. The molecule has 0 rings (SSSR count). The Kier molecular flexibility index (Phi) is 7.52. The number of ether oxygens (including phenoxy) is 1. The predicted molar refractivity (Wildman–Crippen MR) is 47.6 cm³/mol. The number of nitrogens with one attached hydrogen (secondary N) is 1. The van der Waals surface area contributed by atoms with Crippen LogP contribution >= 0.6 is 0 Å². The zero-order chi connectivity index (χ0) is 11.0. The highest BCUT2D eigenvalue weighted by molar-refractivity contribution is 7.77. The van der Waals surface area contributed by atoms with Gasteiger partial charge in [0.1, 0.15) is 12.6 Å². The van der Waals surface area contributed by atoms with Gasteiger partial charge in [0.25, 0.3) is 0 Å². The smallest absolute Gasteiger partial charge is 0.323 e. The van der Waals surface area contributed by atoms with Gasteiger partial charge in [-0.2, -0.15) is 0 Å². The topological polar surface area (TPSA) is 125 Å². The van der Waals surface area contributed by atoms with Crippen LogP contribution in [0.5, 0.6) is 0 Å². The summed E-state index contributed by atoms with van der Waals surface area (Å²) in [7, 11) is 0. The van der Waals surface area contributed by atoms with E-state index < -0.39 is 23.3 Å². The molecule has 2 atom stereocenters. The van der Waals surface area contributed by atoms with Crippen LogP contribution in [0.15, 0.2) is 0 Å². The molecule has 8 heteroatoms. The Labute approximate surface area is 84.0 Å². The van der Waals surface area contributed by atoms with Crippen LogP contribution in [0.1, 0.15) is 6.42 Å². The molecule has 0 saturated heterocycles. The lowest BCUT2D eigenvalue weighted by Gasteiger charge is -2.12. The molecule has 0 aliphatic rings. The molecule has 0 heterocycles. The molecule has 0 aliphatic heterocycles. The normalized spacial score (nSPS) is 14.8. The Morgan fingerprint density at radius 2 is 2.36 bits per heavy atom. The Hall–Kier alpha value is -0.540. The number of hydrogen-bond acceptors (Lipinski definition) is 6. The van der Waals surface area contributed by atoms with Crippen LogP contribution < -0.4 is 10.5 Å². The second-order valence-corrected chi connectivity index (χ2v) is 3.17. The van der Waals surface area contributed by atoms with Crippen molar-refractivity contribution >= 4 is 17.2 Å². The number of esters is 1. The molecular formula is C6H13N2O5S-. The molecule has 0 spiro atoms. The minimum Gasteiger partial charge on any atom is -0.760 e. The van der Waals surface area contributed by atoms with Crippen molar-refractivity contribution in [2.24, 2.45) is 5.73 Å². The highest BCUT2D eigenvalue weighted by Gasteiger charge is 2.13. The summed E-state index contributed by atoms with van der Waals surface area (Å²) in [5.41, 5.74) is 5.35. The number of rotatable bonds is 7. The first kappa shape index (κ1) is 13.5. The van der Waals surface area contributed by atoms with E-state index in [0.717, 1.165) is 0 Å². The lowest BCUT2D eigenvalue weighted by Crippen LogP contribution is -2.36. The third-order valence-electron chi connectivity index (χ3n) is 1.31. The lowest BCUT2D eigenvalue weighted by atomic mass is 10.2. The monoisotopic (exact) mass is 225 g/mol. The SMILES string of the molecule is NC(CCNS(=O)[O-])C(=O)OCCO. The highest BCUT2D eigenvalue weighted by atomic mass is 32.2. The van der Waals surface area contributed by atoms with E-state index in [9.17, 15) is 13.6 Å². The van der Waals surface area contributed by atoms with E-state index in [1.54, 1.807) is 0 Å². The van der Waals surface area contributed by atoms with E-state index in [4.69, 9.17) is 10.8 Å². The zero-order valence-electron chi connectivity index (χ0n) is 7.47. The molecule has 0 aromatic heterocycles. The minimum atomic E-state index is -2.35. The summed E-state index contributed by atoms with van der Waals surface area (Å²) in [6, 6.07) is -0.877. The van der Waals surface area contributed by atoms with Gasteiger partial charge in [0, 0.05) is 17.8 Å². The molecule has 4 N–H and O–H groups in total. The maximum atomic E-state index is 10.9. The van der Waals surface area contributed by atoms with Gasteiger partial charge < -0.3 is 20.1 Å². The predicted octanol–water partition coefficient (Wildman–Crippen LogP) is -2.38. The maximum Gasteiger partial charge on any atom is 0.323 e. The molecule has 0 fully saturated rings. The number of nitrogens with two attached hydrogens (primary N) is 1. The third kappa shape index (κ3) is 6.92. The lowest BCUT2D eigenvalue weighted by molar-refractivity contribution is -0.146. The second-order valence-electron chi connectivity index (χ2n) is 2.42. The molecule has 14 heavy (non-hydrogen) atoms. The fraction of sp³-hybridized carbons (Fsp3) is 0.833. The first-order chi connectivity index (χ1) is 6.57. The van der Waals surface area contributed by atoms with Gasteiger partial charge in [0.15, 0.2) is 0 Å². The van der Waals surface area contributed by atoms with Crippen LogP contribution in [0.3, 0.4) is 0 Å². The Morgan fingerprint density at radius 1 is 1.71 bits per heavy atom. The number of carbonyl (C=O) groups excluding carboxylic acids is 1. The molecule has 0 aromatic carbocycles. The molecule has 0 radical (unpaired) electrons. The van der Waals surface area contributed by atoms with Gasteiger partial charge in [-0.25, -0.2) is 4.72 Å². The van der Waals surface area contributed by atoms with Crippen molar-refractivity contribution in [2.75, 3.05) is 19.8 Å². The molecule has 0 aliphatic carbocycles. The van der Waals surface area contributed by atoms with Crippen molar-refractivity contribution in [1.29, 1.82) is 0 Å². The summed E-state index contributed by atoms with van der Waals surface area (Å²) >= 11 is -2.35. The Morgan fingerprint density at radius 3 is 2.86 bits per heavy atom. The average Bonchev–Trinajstić information content (AvgIpc) is 2.13. The van der Waals surface area contributed by atoms with Crippen LogP contribution in [-0.4, -0.2) is 45.6 Å². The summed E-state index contributed by atoms with van der Waals surface area (Å²) < 4.78 is 26.6. The summed E-state index contributed by atoms with van der Waals surface area (Å²) in [5, 5.41) is 8.33. The van der Waals surface area contributed by atoms with Gasteiger partial charge in [-0.15, -0.1) is 0 Å². The fourth-order valence-corrected chi connectivity index (χ4v) is 0.953. The van der Waals surface area contributed by atoms with Crippen LogP contribution in [0.4, 0.5) is 0 Å². The van der Waals surface area contributed by atoms with Gasteiger partial charge in [-0.05, 0) is 6.42 Å². The molecule has 2 unspecified atom stereocenters. The fourth-order valence-electron chi connectivity index (χ4n) is 0.669. The summed E-state index contributed by atoms with van der Waals surface area (Å²) in [5.74, 6) is -0.655. The number of hydrogen-bond donors (Lipinski definition) is 3. The summed E-state index contributed by atoms with van der Waals surface area (Å²) in [6.45, 7) is -0.291. The van der Waals surface area contributed by atoms with E-state index >= 15 is 0 Å². The second kappa shape index (κ2) is 7.83. The molecule has 7 nitrogen and oxygen atoms in total. The Balaban J connectivity index is 3.56. The summed E-state index contributed by atoms with van der Waals surface area (Å²) in [6.07, 6.45) is 0.151. The van der Waals surface area contributed by atoms with Crippen LogP contribution in [0, 0.1) is 0 Å². The van der Waals surface area contributed by atoms with Crippen molar-refractivity contribution < 1.29 is 23.4 Å². The first-order valence-electron chi connectivity index (χ1n) is 3.93. The van der Waals surface area contributed by atoms with Crippen LogP contribution in [-0.2, 0) is 20.8 Å². The summed E-state index contributed by atoms with van der Waals surface area (Å²) in [4.78, 5) is 10.9. The molecule has 0 bridgehead atoms. The van der Waals surface area contributed by atoms with E-state index in [1.165, 1.54) is 0 Å². The quantitative estimate of drug-likeness (QED) is 0.328. The van der Waals surface area contributed by atoms with Crippen molar-refractivity contribution in [3.05, 3.63) is 0 Å². The highest BCUT2D eigenvalue weighted by Crippen LogP contribution is 1.91. The van der Waals surface area contributed by atoms with Crippen molar-refractivity contribution in [1.82, 2.24) is 4.72 Å². The minimum absolute atomic E-state index is 0.0749.